The average Bonchev–Trinajstić information content (AvgIpc) is 2.55. The van der Waals surface area contributed by atoms with E-state index in [9.17, 15) is 5.11 Å². The van der Waals surface area contributed by atoms with Crippen molar-refractivity contribution < 1.29 is 14.6 Å². The molecule has 1 N–H and O–H groups in total. The largest absolute Gasteiger partial charge is 0.394 e. The van der Waals surface area contributed by atoms with Crippen molar-refractivity contribution in [3.8, 4) is 0 Å². The van der Waals surface area contributed by atoms with Crippen LogP contribution in [0.4, 0.5) is 0 Å². The van der Waals surface area contributed by atoms with E-state index in [0.29, 0.717) is 0 Å². The molecule has 82 valence electrons. The van der Waals surface area contributed by atoms with Crippen LogP contribution >= 0.6 is 0 Å². The molecule has 1 aliphatic heterocycles. The highest BCUT2D eigenvalue weighted by molar-refractivity contribution is 5.19. The highest BCUT2D eigenvalue weighted by Crippen LogP contribution is 2.37. The maximum atomic E-state index is 9.22. The van der Waals surface area contributed by atoms with Crippen molar-refractivity contribution >= 4 is 0 Å². The van der Waals surface area contributed by atoms with Crippen LogP contribution in [0.3, 0.4) is 0 Å². The maximum absolute atomic E-state index is 9.22. The van der Waals surface area contributed by atoms with Gasteiger partial charge in [0.15, 0.2) is 5.79 Å². The predicted octanol–water partition coefficient (Wildman–Crippen LogP) is 1.87. The molecule has 1 aliphatic rings. The van der Waals surface area contributed by atoms with Gasteiger partial charge in [-0.05, 0) is 19.4 Å². The molecule has 0 saturated carbocycles. The Morgan fingerprint density at radius 1 is 1.20 bits per heavy atom. The summed E-state index contributed by atoms with van der Waals surface area (Å²) in [7, 11) is 0. The zero-order chi connectivity index (χ0) is 10.9. The average molecular weight is 208 g/mol. The Labute approximate surface area is 89.6 Å². The SMILES string of the molecule is CC1(C)O[C@H](c2ccccc2)[C@@H](CO)O1. The van der Waals surface area contributed by atoms with Crippen LogP contribution in [0, 0.1) is 0 Å². The van der Waals surface area contributed by atoms with E-state index in [1.807, 2.05) is 44.2 Å². The molecule has 1 aromatic rings. The molecule has 0 spiro atoms. The van der Waals surface area contributed by atoms with Gasteiger partial charge < -0.3 is 14.6 Å². The number of rotatable bonds is 2. The number of hydrogen-bond donors (Lipinski definition) is 1. The summed E-state index contributed by atoms with van der Waals surface area (Å²) in [5.41, 5.74) is 1.04. The van der Waals surface area contributed by atoms with Crippen LogP contribution in [0.15, 0.2) is 30.3 Å². The lowest BCUT2D eigenvalue weighted by molar-refractivity contribution is -0.149. The number of ether oxygens (including phenoxy) is 2. The number of hydrogen-bond acceptors (Lipinski definition) is 3. The molecule has 3 nitrogen and oxygen atoms in total. The van der Waals surface area contributed by atoms with Gasteiger partial charge in [0, 0.05) is 0 Å². The van der Waals surface area contributed by atoms with E-state index < -0.39 is 5.79 Å². The van der Waals surface area contributed by atoms with Crippen LogP contribution in [-0.2, 0) is 9.47 Å². The van der Waals surface area contributed by atoms with Crippen molar-refractivity contribution in [3.05, 3.63) is 35.9 Å². The quantitative estimate of drug-likeness (QED) is 0.806. The van der Waals surface area contributed by atoms with Crippen LogP contribution in [0.2, 0.25) is 0 Å². The summed E-state index contributed by atoms with van der Waals surface area (Å²) in [6.45, 7) is 3.69. The summed E-state index contributed by atoms with van der Waals surface area (Å²) in [5, 5.41) is 9.22. The summed E-state index contributed by atoms with van der Waals surface area (Å²) >= 11 is 0. The monoisotopic (exact) mass is 208 g/mol. The maximum Gasteiger partial charge on any atom is 0.164 e. The van der Waals surface area contributed by atoms with Crippen LogP contribution < -0.4 is 0 Å². The topological polar surface area (TPSA) is 38.7 Å². The van der Waals surface area contributed by atoms with E-state index in [2.05, 4.69) is 0 Å². The van der Waals surface area contributed by atoms with Crippen LogP contribution in [0.1, 0.15) is 25.5 Å². The second-order valence-electron chi connectivity index (χ2n) is 4.19. The van der Waals surface area contributed by atoms with Crippen LogP contribution in [-0.4, -0.2) is 23.6 Å². The molecule has 0 radical (unpaired) electrons. The lowest BCUT2D eigenvalue weighted by atomic mass is 10.1. The minimum Gasteiger partial charge on any atom is -0.394 e. The van der Waals surface area contributed by atoms with E-state index in [4.69, 9.17) is 9.47 Å². The molecule has 3 heteroatoms. The van der Waals surface area contributed by atoms with Crippen LogP contribution in [0.5, 0.6) is 0 Å². The van der Waals surface area contributed by atoms with Crippen molar-refractivity contribution in [1.29, 1.82) is 0 Å². The molecule has 1 fully saturated rings. The van der Waals surface area contributed by atoms with Gasteiger partial charge in [0.2, 0.25) is 0 Å². The zero-order valence-electron chi connectivity index (χ0n) is 9.01. The minimum atomic E-state index is -0.617. The zero-order valence-corrected chi connectivity index (χ0v) is 9.01. The second-order valence-corrected chi connectivity index (χ2v) is 4.19. The van der Waals surface area contributed by atoms with Gasteiger partial charge in [-0.25, -0.2) is 0 Å². The molecular weight excluding hydrogens is 192 g/mol. The first-order valence-corrected chi connectivity index (χ1v) is 5.14. The molecular formula is C12H16O3. The Balaban J connectivity index is 2.22. The highest BCUT2D eigenvalue weighted by atomic mass is 16.8. The number of aliphatic hydroxyl groups excluding tert-OH is 1. The van der Waals surface area contributed by atoms with Gasteiger partial charge in [0.05, 0.1) is 6.61 Å². The Kier molecular flexibility index (Phi) is 2.78. The van der Waals surface area contributed by atoms with E-state index in [-0.39, 0.29) is 18.8 Å². The fourth-order valence-corrected chi connectivity index (χ4v) is 1.89. The molecule has 0 amide bonds. The third-order valence-electron chi connectivity index (χ3n) is 2.49. The van der Waals surface area contributed by atoms with Crippen molar-refractivity contribution in [2.45, 2.75) is 31.8 Å². The highest BCUT2D eigenvalue weighted by Gasteiger charge is 2.41. The third kappa shape index (κ3) is 2.20. The third-order valence-corrected chi connectivity index (χ3v) is 2.49. The summed E-state index contributed by atoms with van der Waals surface area (Å²) < 4.78 is 11.3. The Morgan fingerprint density at radius 3 is 2.47 bits per heavy atom. The first-order chi connectivity index (χ1) is 7.12. The fraction of sp³-hybridized carbons (Fsp3) is 0.500. The van der Waals surface area contributed by atoms with E-state index in [1.165, 1.54) is 0 Å². The molecule has 15 heavy (non-hydrogen) atoms. The molecule has 0 bridgehead atoms. The molecule has 0 unspecified atom stereocenters. The van der Waals surface area contributed by atoms with Gasteiger partial charge in [0.25, 0.3) is 0 Å². The predicted molar refractivity (Wildman–Crippen MR) is 56.3 cm³/mol. The molecule has 2 atom stereocenters. The van der Waals surface area contributed by atoms with E-state index in [0.717, 1.165) is 5.56 Å². The summed E-state index contributed by atoms with van der Waals surface area (Å²) in [6, 6.07) is 9.84. The smallest absolute Gasteiger partial charge is 0.164 e. The van der Waals surface area contributed by atoms with E-state index >= 15 is 0 Å². The number of benzene rings is 1. The first kappa shape index (κ1) is 10.6. The first-order valence-electron chi connectivity index (χ1n) is 5.14. The van der Waals surface area contributed by atoms with Crippen molar-refractivity contribution in [3.63, 3.8) is 0 Å². The summed E-state index contributed by atoms with van der Waals surface area (Å²) in [6.07, 6.45) is -0.450. The van der Waals surface area contributed by atoms with Gasteiger partial charge >= 0.3 is 0 Å². The fourth-order valence-electron chi connectivity index (χ4n) is 1.89. The molecule has 1 saturated heterocycles. The standard InChI is InChI=1S/C12H16O3/c1-12(2)14-10(8-13)11(15-12)9-6-4-3-5-7-9/h3-7,10-11,13H,8H2,1-2H3/t10-,11-/m1/s1. The van der Waals surface area contributed by atoms with Gasteiger partial charge in [0.1, 0.15) is 12.2 Å². The lowest BCUT2D eigenvalue weighted by Crippen LogP contribution is -2.23. The van der Waals surface area contributed by atoms with Gasteiger partial charge in [-0.3, -0.25) is 0 Å². The second kappa shape index (κ2) is 3.93. The Bertz CT molecular complexity index is 321. The molecule has 2 rings (SSSR count). The Hall–Kier alpha value is -0.900. The number of aliphatic hydroxyl groups is 1. The normalized spacial score (nSPS) is 29.3. The van der Waals surface area contributed by atoms with Crippen molar-refractivity contribution in [2.75, 3.05) is 6.61 Å². The van der Waals surface area contributed by atoms with Crippen LogP contribution in [0.25, 0.3) is 0 Å². The molecule has 0 aromatic heterocycles. The van der Waals surface area contributed by atoms with Crippen molar-refractivity contribution in [1.82, 2.24) is 0 Å². The lowest BCUT2D eigenvalue weighted by Gasteiger charge is -2.16. The summed E-state index contributed by atoms with van der Waals surface area (Å²) in [5.74, 6) is -0.617. The molecule has 1 heterocycles. The van der Waals surface area contributed by atoms with Gasteiger partial charge in [-0.1, -0.05) is 30.3 Å². The Morgan fingerprint density at radius 2 is 1.87 bits per heavy atom. The van der Waals surface area contributed by atoms with E-state index in [1.54, 1.807) is 0 Å². The molecule has 1 aromatic carbocycles. The van der Waals surface area contributed by atoms with Gasteiger partial charge in [-0.2, -0.15) is 0 Å². The minimum absolute atomic E-state index is 0.0248. The summed E-state index contributed by atoms with van der Waals surface area (Å²) in [4.78, 5) is 0. The van der Waals surface area contributed by atoms with Crippen molar-refractivity contribution in [2.24, 2.45) is 0 Å². The van der Waals surface area contributed by atoms with Gasteiger partial charge in [-0.15, -0.1) is 0 Å². The molecule has 0 aliphatic carbocycles.